The number of hydrogen-bond acceptors (Lipinski definition) is 1. The normalized spacial score (nSPS) is 32.5. The summed E-state index contributed by atoms with van der Waals surface area (Å²) >= 11 is 13.6. The molecule has 0 bridgehead atoms. The first-order chi connectivity index (χ1) is 9.08. The van der Waals surface area contributed by atoms with Crippen LogP contribution in [0.1, 0.15) is 32.6 Å². The molecule has 0 spiro atoms. The van der Waals surface area contributed by atoms with Crippen LogP contribution in [0, 0.1) is 12.3 Å². The van der Waals surface area contributed by atoms with Crippen LogP contribution in [0.5, 0.6) is 0 Å². The number of halogens is 3. The van der Waals surface area contributed by atoms with Crippen LogP contribution in [0.3, 0.4) is 0 Å². The lowest BCUT2D eigenvalue weighted by Gasteiger charge is -2.36. The molecule has 1 aliphatic rings. The monoisotopic (exact) mass is 408 g/mol. The molecule has 106 valence electrons. The van der Waals surface area contributed by atoms with E-state index in [0.717, 1.165) is 25.7 Å². The fourth-order valence-corrected chi connectivity index (χ4v) is 3.48. The van der Waals surface area contributed by atoms with E-state index in [1.807, 2.05) is 6.08 Å². The van der Waals surface area contributed by atoms with Gasteiger partial charge in [-0.15, -0.1) is 18.0 Å². The molecule has 1 fully saturated rings. The number of alkyl halides is 2. The standard InChI is InChI=1S/C15H19Br2ClO/c1-3-5-6-7-15-13(18)10-12(17)14(19-15)9-8-11(16)4-2/h1,5-6,8,12-15H,4,7,9-10H2,2H3/b6-5+,11-8-. The Morgan fingerprint density at radius 2 is 2.21 bits per heavy atom. The molecule has 0 aromatic rings. The molecule has 0 N–H and O–H groups in total. The first-order valence-corrected chi connectivity index (χ1v) is 8.62. The van der Waals surface area contributed by atoms with Gasteiger partial charge in [-0.3, -0.25) is 0 Å². The third-order valence-corrected chi connectivity index (χ3v) is 5.41. The lowest BCUT2D eigenvalue weighted by Crippen LogP contribution is -2.42. The smallest absolute Gasteiger partial charge is 0.0778 e. The third-order valence-electron chi connectivity index (χ3n) is 3.10. The van der Waals surface area contributed by atoms with E-state index in [1.165, 1.54) is 4.48 Å². The highest BCUT2D eigenvalue weighted by Gasteiger charge is 2.34. The predicted molar refractivity (Wildman–Crippen MR) is 90.1 cm³/mol. The third kappa shape index (κ3) is 6.04. The fraction of sp³-hybridized carbons (Fsp3) is 0.600. The number of rotatable bonds is 5. The number of terminal acetylenes is 1. The summed E-state index contributed by atoms with van der Waals surface area (Å²) in [6.07, 6.45) is 14.8. The molecule has 0 aromatic heterocycles. The minimum absolute atomic E-state index is 0.0293. The molecule has 1 rings (SSSR count). The van der Waals surface area contributed by atoms with E-state index >= 15 is 0 Å². The quantitative estimate of drug-likeness (QED) is 0.449. The summed E-state index contributed by atoms with van der Waals surface area (Å²) in [7, 11) is 0. The van der Waals surface area contributed by atoms with Gasteiger partial charge in [-0.05, 0) is 36.2 Å². The largest absolute Gasteiger partial charge is 0.372 e. The maximum atomic E-state index is 6.35. The summed E-state index contributed by atoms with van der Waals surface area (Å²) in [6.45, 7) is 2.12. The van der Waals surface area contributed by atoms with Crippen LogP contribution >= 0.6 is 43.5 Å². The average Bonchev–Trinajstić information content (AvgIpc) is 2.39. The minimum Gasteiger partial charge on any atom is -0.372 e. The average molecular weight is 411 g/mol. The molecule has 4 unspecified atom stereocenters. The van der Waals surface area contributed by atoms with Crippen molar-refractivity contribution in [3.05, 3.63) is 22.7 Å². The highest BCUT2D eigenvalue weighted by Crippen LogP contribution is 2.33. The molecule has 19 heavy (non-hydrogen) atoms. The van der Waals surface area contributed by atoms with Gasteiger partial charge in [0.05, 0.1) is 17.6 Å². The van der Waals surface area contributed by atoms with Gasteiger partial charge in [0.2, 0.25) is 0 Å². The van der Waals surface area contributed by atoms with Gasteiger partial charge in [0, 0.05) is 4.83 Å². The van der Waals surface area contributed by atoms with Gasteiger partial charge >= 0.3 is 0 Å². The second-order valence-corrected chi connectivity index (χ2v) is 7.28. The highest BCUT2D eigenvalue weighted by molar-refractivity contribution is 9.11. The molecule has 1 aliphatic heterocycles. The van der Waals surface area contributed by atoms with Crippen LogP contribution < -0.4 is 0 Å². The van der Waals surface area contributed by atoms with Crippen LogP contribution in [0.2, 0.25) is 0 Å². The second-order valence-electron chi connectivity index (χ2n) is 4.53. The van der Waals surface area contributed by atoms with Crippen molar-refractivity contribution in [2.75, 3.05) is 0 Å². The van der Waals surface area contributed by atoms with Gasteiger partial charge in [-0.25, -0.2) is 0 Å². The second kappa shape index (κ2) is 9.23. The minimum atomic E-state index is 0.0293. The van der Waals surface area contributed by atoms with Crippen molar-refractivity contribution in [2.45, 2.75) is 55.0 Å². The zero-order chi connectivity index (χ0) is 14.3. The zero-order valence-electron chi connectivity index (χ0n) is 11.0. The van der Waals surface area contributed by atoms with Crippen molar-refractivity contribution >= 4 is 43.5 Å². The van der Waals surface area contributed by atoms with Crippen molar-refractivity contribution in [2.24, 2.45) is 0 Å². The summed E-state index contributed by atoms with van der Waals surface area (Å²) in [5.41, 5.74) is 0. The maximum absolute atomic E-state index is 6.35. The predicted octanol–water partition coefficient (Wildman–Crippen LogP) is 5.17. The van der Waals surface area contributed by atoms with Gasteiger partial charge in [0.1, 0.15) is 0 Å². The van der Waals surface area contributed by atoms with Gasteiger partial charge in [0.15, 0.2) is 0 Å². The van der Waals surface area contributed by atoms with E-state index in [1.54, 1.807) is 6.08 Å². The highest BCUT2D eigenvalue weighted by atomic mass is 79.9. The molecular weight excluding hydrogens is 391 g/mol. The van der Waals surface area contributed by atoms with E-state index in [4.69, 9.17) is 22.8 Å². The zero-order valence-corrected chi connectivity index (χ0v) is 14.9. The molecule has 1 nitrogen and oxygen atoms in total. The Labute approximate surface area is 138 Å². The molecule has 4 heteroatoms. The number of allylic oxidation sites excluding steroid dienone is 2. The topological polar surface area (TPSA) is 9.23 Å². The van der Waals surface area contributed by atoms with Gasteiger partial charge in [-0.1, -0.05) is 56.9 Å². The van der Waals surface area contributed by atoms with E-state index in [0.29, 0.717) is 4.83 Å². The maximum Gasteiger partial charge on any atom is 0.0778 e. The van der Waals surface area contributed by atoms with Crippen LogP contribution in [-0.2, 0) is 4.74 Å². The fourth-order valence-electron chi connectivity index (χ4n) is 1.98. The van der Waals surface area contributed by atoms with Gasteiger partial charge in [0.25, 0.3) is 0 Å². The molecular formula is C15H19Br2ClO. The Kier molecular flexibility index (Phi) is 8.41. The molecule has 0 saturated carbocycles. The Hall–Kier alpha value is 0.250. The summed E-state index contributed by atoms with van der Waals surface area (Å²) in [6, 6.07) is 0. The lowest BCUT2D eigenvalue weighted by atomic mass is 9.99. The van der Waals surface area contributed by atoms with Crippen LogP contribution in [0.4, 0.5) is 0 Å². The Morgan fingerprint density at radius 1 is 1.47 bits per heavy atom. The Morgan fingerprint density at radius 3 is 2.84 bits per heavy atom. The molecule has 0 aromatic carbocycles. The van der Waals surface area contributed by atoms with Crippen LogP contribution in [-0.4, -0.2) is 22.4 Å². The lowest BCUT2D eigenvalue weighted by molar-refractivity contribution is -0.0370. The molecule has 0 radical (unpaired) electrons. The van der Waals surface area contributed by atoms with Crippen molar-refractivity contribution in [3.8, 4) is 12.3 Å². The first-order valence-electron chi connectivity index (χ1n) is 6.47. The molecule has 1 saturated heterocycles. The van der Waals surface area contributed by atoms with Gasteiger partial charge < -0.3 is 4.74 Å². The van der Waals surface area contributed by atoms with Crippen molar-refractivity contribution in [1.29, 1.82) is 0 Å². The molecule has 0 aliphatic carbocycles. The van der Waals surface area contributed by atoms with Crippen molar-refractivity contribution in [1.82, 2.24) is 0 Å². The van der Waals surface area contributed by atoms with E-state index in [-0.39, 0.29) is 17.6 Å². The van der Waals surface area contributed by atoms with E-state index in [2.05, 4.69) is 50.8 Å². The number of hydrogen-bond donors (Lipinski definition) is 0. The first kappa shape index (κ1) is 17.3. The van der Waals surface area contributed by atoms with Crippen molar-refractivity contribution in [3.63, 3.8) is 0 Å². The summed E-state index contributed by atoms with van der Waals surface area (Å²) in [5.74, 6) is 2.49. The van der Waals surface area contributed by atoms with Crippen molar-refractivity contribution < 1.29 is 4.74 Å². The van der Waals surface area contributed by atoms with E-state index in [9.17, 15) is 0 Å². The Balaban J connectivity index is 2.57. The summed E-state index contributed by atoms with van der Waals surface area (Å²) < 4.78 is 7.30. The van der Waals surface area contributed by atoms with Gasteiger partial charge in [-0.2, -0.15) is 0 Å². The van der Waals surface area contributed by atoms with Crippen LogP contribution in [0.25, 0.3) is 0 Å². The molecule has 0 amide bonds. The van der Waals surface area contributed by atoms with E-state index < -0.39 is 0 Å². The van der Waals surface area contributed by atoms with Crippen LogP contribution in [0.15, 0.2) is 22.7 Å². The summed E-state index contributed by atoms with van der Waals surface area (Å²) in [5, 5.41) is 0.0293. The SMILES string of the molecule is C#C/C=C/CC1OC(C/C=C(\Br)CC)C(Br)CC1Cl. The Bertz CT molecular complexity index is 373. The molecule has 1 heterocycles. The molecule has 4 atom stereocenters. The number of ether oxygens (including phenoxy) is 1. The summed E-state index contributed by atoms with van der Waals surface area (Å²) in [4.78, 5) is 0.302.